The summed E-state index contributed by atoms with van der Waals surface area (Å²) in [6, 6.07) is 5.96. The Hall–Kier alpha value is -1.34. The van der Waals surface area contributed by atoms with E-state index in [1.54, 1.807) is 11.3 Å². The maximum absolute atomic E-state index is 6.14. The largest absolute Gasteiger partial charge is 0.377 e. The standard InChI is InChI=1S/C19H25N3O2S/c1-2-7-20-16(4-1)13-23-15-19-6-3-10-24-17(19)5-9-22(14-19)12-18-21-8-11-25-18/h1-2,4,7-8,11,17H,3,5-6,9-10,12-15H2/t17-,19+/m0/s1. The van der Waals surface area contributed by atoms with Crippen LogP contribution in [0.15, 0.2) is 36.0 Å². The maximum atomic E-state index is 6.14. The molecule has 0 N–H and O–H groups in total. The predicted octanol–water partition coefficient (Wildman–Crippen LogP) is 3.13. The molecule has 2 aromatic rings. The van der Waals surface area contributed by atoms with Gasteiger partial charge in [-0.3, -0.25) is 9.88 Å². The molecule has 2 aliphatic heterocycles. The van der Waals surface area contributed by atoms with Crippen LogP contribution >= 0.6 is 11.3 Å². The summed E-state index contributed by atoms with van der Waals surface area (Å²) in [5.41, 5.74) is 1.09. The Balaban J connectivity index is 1.40. The van der Waals surface area contributed by atoms with Crippen molar-refractivity contribution in [1.82, 2.24) is 14.9 Å². The van der Waals surface area contributed by atoms with Crippen molar-refractivity contribution in [3.63, 3.8) is 0 Å². The smallest absolute Gasteiger partial charge is 0.107 e. The Labute approximate surface area is 153 Å². The summed E-state index contributed by atoms with van der Waals surface area (Å²) in [4.78, 5) is 11.3. The first-order chi connectivity index (χ1) is 12.3. The normalized spacial score (nSPS) is 27.1. The number of piperidine rings is 1. The molecule has 4 rings (SSSR count). The molecule has 2 saturated heterocycles. The molecular formula is C19H25N3O2S. The van der Waals surface area contributed by atoms with Gasteiger partial charge in [0.2, 0.25) is 0 Å². The molecule has 134 valence electrons. The van der Waals surface area contributed by atoms with Crippen LogP contribution in [0.2, 0.25) is 0 Å². The molecule has 0 bridgehead atoms. The summed E-state index contributed by atoms with van der Waals surface area (Å²) in [5.74, 6) is 0. The number of hydrogen-bond donors (Lipinski definition) is 0. The highest BCUT2D eigenvalue weighted by Crippen LogP contribution is 2.41. The molecule has 2 aromatic heterocycles. The van der Waals surface area contributed by atoms with Gasteiger partial charge in [-0.25, -0.2) is 4.98 Å². The third-order valence-electron chi connectivity index (χ3n) is 5.28. The number of fused-ring (bicyclic) bond motifs is 1. The van der Waals surface area contributed by atoms with Crippen molar-refractivity contribution in [2.24, 2.45) is 5.41 Å². The van der Waals surface area contributed by atoms with Crippen LogP contribution in [0.3, 0.4) is 0 Å². The summed E-state index contributed by atoms with van der Waals surface area (Å²) in [6.45, 7) is 5.24. The van der Waals surface area contributed by atoms with E-state index >= 15 is 0 Å². The van der Waals surface area contributed by atoms with Crippen molar-refractivity contribution in [1.29, 1.82) is 0 Å². The van der Waals surface area contributed by atoms with E-state index < -0.39 is 0 Å². The van der Waals surface area contributed by atoms with E-state index in [2.05, 4.69) is 20.2 Å². The van der Waals surface area contributed by atoms with Crippen LogP contribution in [0, 0.1) is 5.41 Å². The van der Waals surface area contributed by atoms with Crippen LogP contribution in [0.25, 0.3) is 0 Å². The second-order valence-electron chi connectivity index (χ2n) is 7.06. The first-order valence-corrected chi connectivity index (χ1v) is 9.92. The maximum Gasteiger partial charge on any atom is 0.107 e. The lowest BCUT2D eigenvalue weighted by molar-refractivity contribution is -0.156. The molecule has 0 spiro atoms. The SMILES string of the molecule is c1ccc(COC[C@]23CCCO[C@H]2CCN(Cc2nccs2)C3)nc1. The average Bonchev–Trinajstić information content (AvgIpc) is 3.15. The van der Waals surface area contributed by atoms with Gasteiger partial charge in [0, 0.05) is 42.9 Å². The highest BCUT2D eigenvalue weighted by atomic mass is 32.1. The summed E-state index contributed by atoms with van der Waals surface area (Å²) < 4.78 is 12.3. The zero-order chi connectivity index (χ0) is 17.0. The molecule has 0 aromatic carbocycles. The van der Waals surface area contributed by atoms with Gasteiger partial charge in [-0.1, -0.05) is 6.07 Å². The minimum absolute atomic E-state index is 0.0997. The molecular weight excluding hydrogens is 334 g/mol. The number of ether oxygens (including phenoxy) is 2. The second-order valence-corrected chi connectivity index (χ2v) is 8.04. The van der Waals surface area contributed by atoms with Crippen molar-refractivity contribution in [2.75, 3.05) is 26.3 Å². The van der Waals surface area contributed by atoms with Gasteiger partial charge >= 0.3 is 0 Å². The lowest BCUT2D eigenvalue weighted by Crippen LogP contribution is -2.56. The van der Waals surface area contributed by atoms with Crippen molar-refractivity contribution < 1.29 is 9.47 Å². The van der Waals surface area contributed by atoms with Crippen molar-refractivity contribution in [2.45, 2.75) is 38.5 Å². The number of nitrogens with zero attached hydrogens (tertiary/aromatic N) is 3. The van der Waals surface area contributed by atoms with Crippen LogP contribution in [0.1, 0.15) is 30.0 Å². The van der Waals surface area contributed by atoms with Crippen LogP contribution in [-0.2, 0) is 22.6 Å². The quantitative estimate of drug-likeness (QED) is 0.793. The van der Waals surface area contributed by atoms with Crippen LogP contribution in [0.4, 0.5) is 0 Å². The molecule has 0 radical (unpaired) electrons. The number of pyridine rings is 1. The molecule has 2 atom stereocenters. The zero-order valence-corrected chi connectivity index (χ0v) is 15.3. The van der Waals surface area contributed by atoms with Crippen LogP contribution in [-0.4, -0.2) is 47.3 Å². The number of aromatic nitrogens is 2. The van der Waals surface area contributed by atoms with Gasteiger partial charge in [0.15, 0.2) is 0 Å². The van der Waals surface area contributed by atoms with E-state index in [1.165, 1.54) is 11.4 Å². The van der Waals surface area contributed by atoms with E-state index in [-0.39, 0.29) is 5.41 Å². The van der Waals surface area contributed by atoms with Crippen LogP contribution in [0.5, 0.6) is 0 Å². The minimum Gasteiger partial charge on any atom is -0.377 e. The molecule has 6 heteroatoms. The van der Waals surface area contributed by atoms with Gasteiger partial charge in [-0.2, -0.15) is 0 Å². The van der Waals surface area contributed by atoms with Gasteiger partial charge < -0.3 is 9.47 Å². The summed E-state index contributed by atoms with van der Waals surface area (Å²) in [5, 5.41) is 3.25. The molecule has 5 nitrogen and oxygen atoms in total. The first kappa shape index (κ1) is 17.1. The molecule has 2 aliphatic rings. The van der Waals surface area contributed by atoms with Crippen molar-refractivity contribution >= 4 is 11.3 Å². The summed E-state index contributed by atoms with van der Waals surface area (Å²) in [6.07, 6.45) is 7.40. The Morgan fingerprint density at radius 1 is 1.32 bits per heavy atom. The molecule has 0 amide bonds. The zero-order valence-electron chi connectivity index (χ0n) is 14.5. The fourth-order valence-corrected chi connectivity index (χ4v) is 4.75. The first-order valence-electron chi connectivity index (χ1n) is 9.04. The van der Waals surface area contributed by atoms with Gasteiger partial charge in [-0.15, -0.1) is 11.3 Å². The monoisotopic (exact) mass is 359 g/mol. The van der Waals surface area contributed by atoms with E-state index in [0.29, 0.717) is 12.7 Å². The van der Waals surface area contributed by atoms with Crippen molar-refractivity contribution in [3.8, 4) is 0 Å². The summed E-state index contributed by atoms with van der Waals surface area (Å²) >= 11 is 1.74. The number of hydrogen-bond acceptors (Lipinski definition) is 6. The van der Waals surface area contributed by atoms with Gasteiger partial charge in [0.05, 0.1) is 31.6 Å². The Morgan fingerprint density at radius 3 is 3.16 bits per heavy atom. The lowest BCUT2D eigenvalue weighted by atomic mass is 9.73. The molecule has 0 unspecified atom stereocenters. The van der Waals surface area contributed by atoms with Gasteiger partial charge in [-0.05, 0) is 31.4 Å². The lowest BCUT2D eigenvalue weighted by Gasteiger charge is -2.50. The van der Waals surface area contributed by atoms with E-state index in [1.807, 2.05) is 30.6 Å². The molecule has 0 aliphatic carbocycles. The molecule has 25 heavy (non-hydrogen) atoms. The van der Waals surface area contributed by atoms with Gasteiger partial charge in [0.1, 0.15) is 5.01 Å². The third-order valence-corrected chi connectivity index (χ3v) is 6.04. The minimum atomic E-state index is 0.0997. The Bertz CT molecular complexity index is 652. The number of thiazole rings is 1. The van der Waals surface area contributed by atoms with Gasteiger partial charge in [0.25, 0.3) is 0 Å². The highest BCUT2D eigenvalue weighted by molar-refractivity contribution is 7.09. The molecule has 2 fully saturated rings. The predicted molar refractivity (Wildman–Crippen MR) is 97.3 cm³/mol. The molecule has 4 heterocycles. The van der Waals surface area contributed by atoms with E-state index in [0.717, 1.165) is 51.4 Å². The van der Waals surface area contributed by atoms with Crippen molar-refractivity contribution in [3.05, 3.63) is 46.7 Å². The number of rotatable bonds is 6. The fraction of sp³-hybridized carbons (Fsp3) is 0.579. The summed E-state index contributed by atoms with van der Waals surface area (Å²) in [7, 11) is 0. The third kappa shape index (κ3) is 4.08. The highest BCUT2D eigenvalue weighted by Gasteiger charge is 2.46. The van der Waals surface area contributed by atoms with E-state index in [9.17, 15) is 0 Å². The average molecular weight is 359 g/mol. The fourth-order valence-electron chi connectivity index (χ4n) is 4.09. The Morgan fingerprint density at radius 2 is 2.32 bits per heavy atom. The van der Waals surface area contributed by atoms with Crippen LogP contribution < -0.4 is 0 Å². The molecule has 0 saturated carbocycles. The van der Waals surface area contributed by atoms with E-state index in [4.69, 9.17) is 9.47 Å². The second kappa shape index (κ2) is 7.91. The topological polar surface area (TPSA) is 47.5 Å². The Kier molecular flexibility index (Phi) is 5.41. The number of likely N-dealkylation sites (tertiary alicyclic amines) is 1.